The molecular formula is C14H19ClN2O3. The van der Waals surface area contributed by atoms with Crippen molar-refractivity contribution in [2.45, 2.75) is 33.3 Å². The first-order valence-corrected chi connectivity index (χ1v) is 6.21. The molecule has 5 nitrogen and oxygen atoms in total. The molecule has 2 rings (SSSR count). The van der Waals surface area contributed by atoms with Crippen molar-refractivity contribution in [3.8, 4) is 5.75 Å². The average molecular weight is 299 g/mol. The van der Waals surface area contributed by atoms with E-state index in [0.717, 1.165) is 16.7 Å². The Labute approximate surface area is 123 Å². The van der Waals surface area contributed by atoms with Crippen LogP contribution < -0.4 is 10.5 Å². The van der Waals surface area contributed by atoms with Crippen LogP contribution >= 0.6 is 12.4 Å². The second-order valence-electron chi connectivity index (χ2n) is 4.46. The summed E-state index contributed by atoms with van der Waals surface area (Å²) < 4.78 is 11.5. The Morgan fingerprint density at radius 3 is 2.75 bits per heavy atom. The number of oxime groups is 1. The van der Waals surface area contributed by atoms with Gasteiger partial charge in [0.25, 0.3) is 0 Å². The number of benzene rings is 1. The summed E-state index contributed by atoms with van der Waals surface area (Å²) in [5.41, 5.74) is 7.39. The summed E-state index contributed by atoms with van der Waals surface area (Å²) in [6.07, 6.45) is 0.131. The zero-order valence-electron chi connectivity index (χ0n) is 11.7. The summed E-state index contributed by atoms with van der Waals surface area (Å²) in [7, 11) is 0. The van der Waals surface area contributed by atoms with Crippen molar-refractivity contribution in [2.24, 2.45) is 10.9 Å². The van der Waals surface area contributed by atoms with E-state index in [4.69, 9.17) is 20.1 Å². The fourth-order valence-corrected chi connectivity index (χ4v) is 2.00. The van der Waals surface area contributed by atoms with E-state index in [2.05, 4.69) is 5.16 Å². The van der Waals surface area contributed by atoms with Gasteiger partial charge in [0.15, 0.2) is 23.3 Å². The number of ether oxygens (including phenoxy) is 1. The molecule has 0 aliphatic rings. The molecule has 1 aromatic carbocycles. The molecule has 6 heteroatoms. The fourth-order valence-electron chi connectivity index (χ4n) is 2.00. The number of rotatable bonds is 4. The van der Waals surface area contributed by atoms with Crippen LogP contribution in [-0.2, 0) is 0 Å². The number of fused-ring (bicyclic) bond motifs is 1. The SMILES string of the molecule is CCC(Oc1cccc2c(C)c(C)oc12)C(N)=NO.Cl. The molecule has 0 aliphatic carbocycles. The van der Waals surface area contributed by atoms with Crippen LogP contribution in [0.15, 0.2) is 27.8 Å². The maximum absolute atomic E-state index is 8.74. The van der Waals surface area contributed by atoms with Crippen LogP contribution in [0.4, 0.5) is 0 Å². The Kier molecular flexibility index (Phi) is 5.27. The van der Waals surface area contributed by atoms with E-state index < -0.39 is 6.10 Å². The molecule has 1 heterocycles. The molecule has 20 heavy (non-hydrogen) atoms. The van der Waals surface area contributed by atoms with Gasteiger partial charge in [0, 0.05) is 5.39 Å². The molecule has 0 fully saturated rings. The van der Waals surface area contributed by atoms with Crippen LogP contribution in [-0.4, -0.2) is 17.1 Å². The van der Waals surface area contributed by atoms with E-state index in [1.165, 1.54) is 0 Å². The van der Waals surface area contributed by atoms with Gasteiger partial charge in [-0.2, -0.15) is 0 Å². The highest BCUT2D eigenvalue weighted by Crippen LogP contribution is 2.32. The van der Waals surface area contributed by atoms with Gasteiger partial charge in [0.2, 0.25) is 0 Å². The normalized spacial score (nSPS) is 13.1. The van der Waals surface area contributed by atoms with Crippen molar-refractivity contribution >= 4 is 29.2 Å². The van der Waals surface area contributed by atoms with Gasteiger partial charge in [0.05, 0.1) is 0 Å². The highest BCUT2D eigenvalue weighted by molar-refractivity contribution is 5.88. The van der Waals surface area contributed by atoms with Gasteiger partial charge in [-0.15, -0.1) is 12.4 Å². The molecule has 1 aromatic heterocycles. The molecule has 1 unspecified atom stereocenters. The third-order valence-corrected chi connectivity index (χ3v) is 3.25. The first-order chi connectivity index (χ1) is 9.08. The van der Waals surface area contributed by atoms with E-state index in [1.807, 2.05) is 39.0 Å². The number of hydrogen-bond acceptors (Lipinski definition) is 4. The lowest BCUT2D eigenvalue weighted by molar-refractivity contribution is 0.246. The second kappa shape index (κ2) is 6.52. The summed E-state index contributed by atoms with van der Waals surface area (Å²) in [6, 6.07) is 5.70. The van der Waals surface area contributed by atoms with Gasteiger partial charge in [-0.3, -0.25) is 0 Å². The molecule has 2 aromatic rings. The third-order valence-electron chi connectivity index (χ3n) is 3.25. The molecule has 1 atom stereocenters. The van der Waals surface area contributed by atoms with E-state index in [9.17, 15) is 0 Å². The van der Waals surface area contributed by atoms with Gasteiger partial charge in [-0.05, 0) is 31.9 Å². The van der Waals surface area contributed by atoms with Crippen LogP contribution in [0.3, 0.4) is 0 Å². The molecular weight excluding hydrogens is 280 g/mol. The zero-order chi connectivity index (χ0) is 14.0. The quantitative estimate of drug-likeness (QED) is 0.392. The van der Waals surface area contributed by atoms with Crippen LogP contribution in [0.2, 0.25) is 0 Å². The van der Waals surface area contributed by atoms with E-state index in [1.54, 1.807) is 0 Å². The van der Waals surface area contributed by atoms with Crippen molar-refractivity contribution in [2.75, 3.05) is 0 Å². The molecule has 0 saturated carbocycles. The lowest BCUT2D eigenvalue weighted by atomic mass is 10.1. The number of furan rings is 1. The largest absolute Gasteiger partial charge is 0.478 e. The zero-order valence-corrected chi connectivity index (χ0v) is 12.5. The summed E-state index contributed by atoms with van der Waals surface area (Å²) in [5.74, 6) is 1.52. The Morgan fingerprint density at radius 2 is 2.15 bits per heavy atom. The standard InChI is InChI=1S/C14H18N2O3.ClH/c1-4-11(14(15)16-17)19-12-7-5-6-10-8(2)9(3)18-13(10)12;/h5-7,11,17H,4H2,1-3H3,(H2,15,16);1H. The number of aryl methyl sites for hydroxylation is 2. The second-order valence-corrected chi connectivity index (χ2v) is 4.46. The Bertz CT molecular complexity index is 622. The van der Waals surface area contributed by atoms with E-state index in [0.29, 0.717) is 17.8 Å². The van der Waals surface area contributed by atoms with Crippen molar-refractivity contribution < 1.29 is 14.4 Å². The lowest BCUT2D eigenvalue weighted by Crippen LogP contribution is -2.33. The molecule has 0 amide bonds. The van der Waals surface area contributed by atoms with Crippen molar-refractivity contribution in [3.63, 3.8) is 0 Å². The minimum atomic E-state index is -0.471. The minimum Gasteiger partial charge on any atom is -0.478 e. The molecule has 0 spiro atoms. The van der Waals surface area contributed by atoms with Gasteiger partial charge in [-0.25, -0.2) is 0 Å². The van der Waals surface area contributed by atoms with Gasteiger partial charge in [-0.1, -0.05) is 24.2 Å². The summed E-state index contributed by atoms with van der Waals surface area (Å²) in [6.45, 7) is 5.83. The highest BCUT2D eigenvalue weighted by atomic mass is 35.5. The van der Waals surface area contributed by atoms with Crippen molar-refractivity contribution in [3.05, 3.63) is 29.5 Å². The number of para-hydroxylation sites is 1. The minimum absolute atomic E-state index is 0. The Hall–Kier alpha value is -1.88. The lowest BCUT2D eigenvalue weighted by Gasteiger charge is -2.15. The van der Waals surface area contributed by atoms with E-state index >= 15 is 0 Å². The number of amidine groups is 1. The molecule has 110 valence electrons. The number of nitrogens with zero attached hydrogens (tertiary/aromatic N) is 1. The van der Waals surface area contributed by atoms with Crippen LogP contribution in [0.25, 0.3) is 11.0 Å². The van der Waals surface area contributed by atoms with Gasteiger partial charge >= 0.3 is 0 Å². The number of halogens is 1. The number of hydrogen-bond donors (Lipinski definition) is 2. The van der Waals surface area contributed by atoms with Crippen molar-refractivity contribution in [1.82, 2.24) is 0 Å². The topological polar surface area (TPSA) is 81.0 Å². The van der Waals surface area contributed by atoms with E-state index in [-0.39, 0.29) is 18.2 Å². The molecule has 3 N–H and O–H groups in total. The number of nitrogens with two attached hydrogens (primary N) is 1. The summed E-state index contributed by atoms with van der Waals surface area (Å²) in [4.78, 5) is 0. The molecule has 0 bridgehead atoms. The average Bonchev–Trinajstić information content (AvgIpc) is 2.72. The molecule has 0 radical (unpaired) electrons. The smallest absolute Gasteiger partial charge is 0.180 e. The first kappa shape index (κ1) is 16.2. The fraction of sp³-hybridized carbons (Fsp3) is 0.357. The van der Waals surface area contributed by atoms with Gasteiger partial charge in [0.1, 0.15) is 5.76 Å². The monoisotopic (exact) mass is 298 g/mol. The van der Waals surface area contributed by atoms with Crippen LogP contribution in [0, 0.1) is 13.8 Å². The van der Waals surface area contributed by atoms with Crippen molar-refractivity contribution in [1.29, 1.82) is 0 Å². The predicted molar refractivity (Wildman–Crippen MR) is 81.1 cm³/mol. The highest BCUT2D eigenvalue weighted by Gasteiger charge is 2.17. The Balaban J connectivity index is 0.00000200. The predicted octanol–water partition coefficient (Wildman–Crippen LogP) is 3.38. The summed E-state index contributed by atoms with van der Waals surface area (Å²) >= 11 is 0. The van der Waals surface area contributed by atoms with Crippen LogP contribution in [0.5, 0.6) is 5.75 Å². The van der Waals surface area contributed by atoms with Gasteiger partial charge < -0.3 is 20.1 Å². The summed E-state index contributed by atoms with van der Waals surface area (Å²) in [5, 5.41) is 12.8. The van der Waals surface area contributed by atoms with Crippen LogP contribution in [0.1, 0.15) is 24.7 Å². The molecule has 0 saturated heterocycles. The first-order valence-electron chi connectivity index (χ1n) is 6.21. The third kappa shape index (κ3) is 2.82. The Morgan fingerprint density at radius 1 is 1.45 bits per heavy atom. The molecule has 0 aliphatic heterocycles. The maximum Gasteiger partial charge on any atom is 0.180 e. The maximum atomic E-state index is 8.74.